The number of nitrogens with two attached hydrogens (primary N) is 1. The molecule has 0 aromatic heterocycles. The van der Waals surface area contributed by atoms with Crippen LogP contribution in [0.15, 0.2) is 18.2 Å². The van der Waals surface area contributed by atoms with Crippen LogP contribution in [0.4, 0.5) is 17.1 Å². The van der Waals surface area contributed by atoms with Gasteiger partial charge in [0, 0.05) is 32.2 Å². The molecule has 0 saturated carbocycles. The fraction of sp³-hybridized carbons (Fsp3) is 0.562. The summed E-state index contributed by atoms with van der Waals surface area (Å²) < 4.78 is 11.6. The Morgan fingerprint density at radius 1 is 1.19 bits per heavy atom. The van der Waals surface area contributed by atoms with Gasteiger partial charge in [-0.3, -0.25) is 20.2 Å². The molecule has 0 bridgehead atoms. The minimum Gasteiger partial charge on any atom is -0.333 e. The van der Waals surface area contributed by atoms with E-state index in [2.05, 4.69) is 6.92 Å². The highest BCUT2D eigenvalue weighted by Gasteiger charge is 2.40. The summed E-state index contributed by atoms with van der Waals surface area (Å²) in [6.45, 7) is 8.63. The topological polar surface area (TPSA) is 134 Å². The number of nitrogens with zero attached hydrogens (tertiary/aromatic N) is 3. The molecule has 0 aliphatic carbocycles. The number of anilines is 1. The highest BCUT2D eigenvalue weighted by Crippen LogP contribution is 2.38. The van der Waals surface area contributed by atoms with Gasteiger partial charge in [0.05, 0.1) is 15.9 Å². The van der Waals surface area contributed by atoms with Gasteiger partial charge in [0.15, 0.2) is 0 Å². The summed E-state index contributed by atoms with van der Waals surface area (Å²) in [6, 6.07) is 3.47. The Balaban J connectivity index is 3.56. The summed E-state index contributed by atoms with van der Waals surface area (Å²) in [5.41, 5.74) is 4.98. The van der Waals surface area contributed by atoms with Crippen LogP contribution in [0, 0.1) is 27.2 Å². The molecule has 0 amide bonds. The zero-order chi connectivity index (χ0) is 19.7. The summed E-state index contributed by atoms with van der Waals surface area (Å²) in [5, 5.41) is 22.5. The summed E-state index contributed by atoms with van der Waals surface area (Å²) >= 11 is 0. The third-order valence-corrected chi connectivity index (χ3v) is 3.71. The second-order valence-corrected chi connectivity index (χ2v) is 5.31. The molecule has 0 heterocycles. The fourth-order valence-electron chi connectivity index (χ4n) is 2.65. The van der Waals surface area contributed by atoms with Crippen LogP contribution >= 0.6 is 0 Å². The van der Waals surface area contributed by atoms with Crippen LogP contribution in [0.1, 0.15) is 26.7 Å². The van der Waals surface area contributed by atoms with Crippen LogP contribution in [0.2, 0.25) is 0 Å². The highest BCUT2D eigenvalue weighted by atomic mass is 16.7. The predicted octanol–water partition coefficient (Wildman–Crippen LogP) is 2.61. The van der Waals surface area contributed by atoms with Crippen molar-refractivity contribution in [3.8, 4) is 0 Å². The van der Waals surface area contributed by atoms with E-state index < -0.39 is 21.4 Å². The van der Waals surface area contributed by atoms with E-state index in [-0.39, 0.29) is 31.0 Å². The SMILES string of the molecule is [CH2]CC(OCC)(OCC)N(CCCN)c1ccc([N+](=O)[O-])cc1[N+](=O)[O-]. The second kappa shape index (κ2) is 10.00. The first kappa shape index (κ1) is 21.7. The van der Waals surface area contributed by atoms with Gasteiger partial charge in [0.1, 0.15) is 5.69 Å². The van der Waals surface area contributed by atoms with Gasteiger partial charge in [0.25, 0.3) is 17.3 Å². The maximum atomic E-state index is 11.5. The smallest absolute Gasteiger partial charge is 0.299 e. The van der Waals surface area contributed by atoms with Gasteiger partial charge < -0.3 is 20.1 Å². The first-order chi connectivity index (χ1) is 12.4. The Kier molecular flexibility index (Phi) is 8.36. The number of hydrogen-bond acceptors (Lipinski definition) is 8. The van der Waals surface area contributed by atoms with Crippen molar-refractivity contribution in [2.24, 2.45) is 5.73 Å². The number of non-ortho nitro benzene ring substituents is 1. The van der Waals surface area contributed by atoms with Crippen molar-refractivity contribution in [1.82, 2.24) is 0 Å². The number of rotatable bonds is 12. The zero-order valence-electron chi connectivity index (χ0n) is 15.1. The van der Waals surface area contributed by atoms with Crippen LogP contribution in [-0.2, 0) is 9.47 Å². The second-order valence-electron chi connectivity index (χ2n) is 5.31. The standard InChI is InChI=1S/C16H25N4O6/c1-4-16(25-5-2,26-6-3)18(11-7-10-17)14-9-8-13(19(21)22)12-15(14)20(23)24/h8-9,12H,1,4-7,10-11,17H2,2-3H3. The van der Waals surface area contributed by atoms with Crippen molar-refractivity contribution in [2.45, 2.75) is 32.6 Å². The molecular weight excluding hydrogens is 344 g/mol. The van der Waals surface area contributed by atoms with E-state index in [0.29, 0.717) is 19.5 Å². The van der Waals surface area contributed by atoms with E-state index >= 15 is 0 Å². The van der Waals surface area contributed by atoms with Gasteiger partial charge in [-0.1, -0.05) is 0 Å². The lowest BCUT2D eigenvalue weighted by molar-refractivity contribution is -0.394. The zero-order valence-corrected chi connectivity index (χ0v) is 15.1. The maximum absolute atomic E-state index is 11.5. The number of ether oxygens (including phenoxy) is 2. The Hall–Kier alpha value is -2.30. The quantitative estimate of drug-likeness (QED) is 0.337. The van der Waals surface area contributed by atoms with E-state index in [1.807, 2.05) is 0 Å². The van der Waals surface area contributed by atoms with Gasteiger partial charge in [-0.2, -0.15) is 0 Å². The Labute approximate surface area is 152 Å². The van der Waals surface area contributed by atoms with E-state index in [4.69, 9.17) is 15.2 Å². The first-order valence-corrected chi connectivity index (χ1v) is 8.34. The van der Waals surface area contributed by atoms with Gasteiger partial charge in [0.2, 0.25) is 0 Å². The first-order valence-electron chi connectivity index (χ1n) is 8.34. The van der Waals surface area contributed by atoms with Crippen LogP contribution in [0.3, 0.4) is 0 Å². The molecule has 10 heteroatoms. The van der Waals surface area contributed by atoms with Crippen LogP contribution < -0.4 is 10.6 Å². The lowest BCUT2D eigenvalue weighted by Crippen LogP contribution is -2.54. The monoisotopic (exact) mass is 369 g/mol. The average Bonchev–Trinajstić information content (AvgIpc) is 2.61. The average molecular weight is 369 g/mol. The summed E-state index contributed by atoms with van der Waals surface area (Å²) in [4.78, 5) is 22.7. The molecule has 10 nitrogen and oxygen atoms in total. The molecular formula is C16H25N4O6. The molecule has 26 heavy (non-hydrogen) atoms. The number of nitro groups is 2. The molecule has 1 aromatic carbocycles. The summed E-state index contributed by atoms with van der Waals surface area (Å²) in [5.74, 6) is -1.33. The molecule has 0 atom stereocenters. The van der Waals surface area contributed by atoms with Crippen LogP contribution in [-0.4, -0.2) is 42.1 Å². The maximum Gasteiger partial charge on any atom is 0.299 e. The highest BCUT2D eigenvalue weighted by molar-refractivity contribution is 5.67. The Morgan fingerprint density at radius 3 is 2.23 bits per heavy atom. The number of benzene rings is 1. The van der Waals surface area contributed by atoms with Crippen molar-refractivity contribution in [3.63, 3.8) is 0 Å². The largest absolute Gasteiger partial charge is 0.333 e. The number of hydrogen-bond donors (Lipinski definition) is 1. The normalized spacial score (nSPS) is 11.4. The minimum atomic E-state index is -1.33. The fourth-order valence-corrected chi connectivity index (χ4v) is 2.65. The lowest BCUT2D eigenvalue weighted by Gasteiger charge is -2.43. The molecule has 0 spiro atoms. The lowest BCUT2D eigenvalue weighted by atomic mass is 10.1. The Morgan fingerprint density at radius 2 is 1.81 bits per heavy atom. The van der Waals surface area contributed by atoms with E-state index in [1.54, 1.807) is 18.7 Å². The third kappa shape index (κ3) is 4.87. The van der Waals surface area contributed by atoms with Crippen LogP contribution in [0.5, 0.6) is 0 Å². The number of nitro benzene ring substituents is 2. The summed E-state index contributed by atoms with van der Waals surface area (Å²) in [6.07, 6.45) is 0.656. The van der Waals surface area contributed by atoms with Crippen molar-refractivity contribution in [3.05, 3.63) is 45.4 Å². The molecule has 0 fully saturated rings. The molecule has 0 aliphatic heterocycles. The molecule has 1 rings (SSSR count). The van der Waals surface area contributed by atoms with E-state index in [1.165, 1.54) is 12.1 Å². The molecule has 0 saturated heterocycles. The van der Waals surface area contributed by atoms with Crippen molar-refractivity contribution < 1.29 is 19.3 Å². The van der Waals surface area contributed by atoms with Crippen molar-refractivity contribution in [2.75, 3.05) is 31.2 Å². The van der Waals surface area contributed by atoms with Crippen molar-refractivity contribution >= 4 is 17.1 Å². The van der Waals surface area contributed by atoms with Gasteiger partial charge in [-0.25, -0.2) is 0 Å². The van der Waals surface area contributed by atoms with E-state index in [0.717, 1.165) is 6.07 Å². The van der Waals surface area contributed by atoms with E-state index in [9.17, 15) is 20.2 Å². The van der Waals surface area contributed by atoms with Gasteiger partial charge in [-0.15, -0.1) is 0 Å². The third-order valence-electron chi connectivity index (χ3n) is 3.71. The van der Waals surface area contributed by atoms with Gasteiger partial charge in [-0.05, 0) is 39.8 Å². The van der Waals surface area contributed by atoms with Crippen LogP contribution in [0.25, 0.3) is 0 Å². The molecule has 1 radical (unpaired) electrons. The molecule has 145 valence electrons. The molecule has 0 unspecified atom stereocenters. The van der Waals surface area contributed by atoms with Gasteiger partial charge >= 0.3 is 0 Å². The molecule has 2 N–H and O–H groups in total. The van der Waals surface area contributed by atoms with Crippen molar-refractivity contribution in [1.29, 1.82) is 0 Å². The summed E-state index contributed by atoms with van der Waals surface area (Å²) in [7, 11) is 0. The predicted molar refractivity (Wildman–Crippen MR) is 96.7 cm³/mol. The molecule has 0 aliphatic rings. The Bertz CT molecular complexity index is 619. The minimum absolute atomic E-state index is 0.146. The molecule has 1 aromatic rings.